The lowest BCUT2D eigenvalue weighted by molar-refractivity contribution is -0.116. The van der Waals surface area contributed by atoms with E-state index in [0.717, 1.165) is 0 Å². The second-order valence-electron chi connectivity index (χ2n) is 2.17. The predicted molar refractivity (Wildman–Crippen MR) is 38.7 cm³/mol. The number of nitrogens with zero attached hydrogens (tertiary/aromatic N) is 1. The van der Waals surface area contributed by atoms with Crippen LogP contribution in [0.15, 0.2) is 23.7 Å². The number of carbonyl (C=O) groups excluding carboxylic acids is 1. The van der Waals surface area contributed by atoms with E-state index in [4.69, 9.17) is 5.26 Å². The van der Waals surface area contributed by atoms with E-state index in [1.807, 2.05) is 0 Å². The van der Waals surface area contributed by atoms with Crippen molar-refractivity contribution in [2.24, 2.45) is 0 Å². The summed E-state index contributed by atoms with van der Waals surface area (Å²) in [6.07, 6.45) is 0. The van der Waals surface area contributed by atoms with Crippen molar-refractivity contribution in [2.75, 3.05) is 0 Å². The Kier molecular flexibility index (Phi) is 1.65. The number of nitrogens with one attached hydrogen (secondary N) is 2. The molecular weight excluding hydrogens is 142 g/mol. The van der Waals surface area contributed by atoms with Crippen molar-refractivity contribution in [3.05, 3.63) is 23.7 Å². The van der Waals surface area contributed by atoms with Crippen LogP contribution < -0.4 is 10.6 Å². The monoisotopic (exact) mass is 149 g/mol. The minimum Gasteiger partial charge on any atom is -0.345 e. The number of allylic oxidation sites excluding steroid dienone is 1. The molecule has 2 N–H and O–H groups in total. The van der Waals surface area contributed by atoms with Crippen LogP contribution in [0.4, 0.5) is 0 Å². The van der Waals surface area contributed by atoms with E-state index >= 15 is 0 Å². The quantitative estimate of drug-likeness (QED) is 0.508. The molecule has 11 heavy (non-hydrogen) atoms. The summed E-state index contributed by atoms with van der Waals surface area (Å²) in [4.78, 5) is 11.0. The van der Waals surface area contributed by atoms with E-state index in [0.29, 0.717) is 11.5 Å². The van der Waals surface area contributed by atoms with Gasteiger partial charge in [0.25, 0.3) is 5.91 Å². The van der Waals surface area contributed by atoms with Crippen LogP contribution in [-0.2, 0) is 4.79 Å². The molecule has 0 saturated heterocycles. The minimum atomic E-state index is -0.395. The molecule has 0 fully saturated rings. The minimum absolute atomic E-state index is 0.109. The third-order valence-corrected chi connectivity index (χ3v) is 1.32. The standard InChI is InChI=1S/C7H7N3O/c1-4-6(3-8)7(11)10-5(2)9-4/h9H,2H2,1H3,(H,10,11). The first kappa shape index (κ1) is 7.35. The van der Waals surface area contributed by atoms with E-state index in [9.17, 15) is 4.79 Å². The van der Waals surface area contributed by atoms with Gasteiger partial charge in [-0.25, -0.2) is 0 Å². The van der Waals surface area contributed by atoms with Crippen molar-refractivity contribution in [1.82, 2.24) is 10.6 Å². The van der Waals surface area contributed by atoms with Gasteiger partial charge in [0.1, 0.15) is 17.5 Å². The van der Waals surface area contributed by atoms with Crippen molar-refractivity contribution in [2.45, 2.75) is 6.92 Å². The molecule has 0 spiro atoms. The molecule has 1 aliphatic heterocycles. The summed E-state index contributed by atoms with van der Waals surface area (Å²) in [5, 5.41) is 13.6. The van der Waals surface area contributed by atoms with Gasteiger partial charge in [-0.1, -0.05) is 6.58 Å². The van der Waals surface area contributed by atoms with Crippen LogP contribution in [0.25, 0.3) is 0 Å². The molecule has 4 nitrogen and oxygen atoms in total. The van der Waals surface area contributed by atoms with E-state index < -0.39 is 5.91 Å². The molecule has 0 unspecified atom stereocenters. The van der Waals surface area contributed by atoms with Crippen molar-refractivity contribution >= 4 is 5.91 Å². The second kappa shape index (κ2) is 2.46. The lowest BCUT2D eigenvalue weighted by atomic mass is 10.2. The first-order valence-electron chi connectivity index (χ1n) is 3.03. The average molecular weight is 149 g/mol. The van der Waals surface area contributed by atoms with Crippen LogP contribution in [0.3, 0.4) is 0 Å². The molecule has 0 atom stereocenters. The van der Waals surface area contributed by atoms with Crippen LogP contribution in [-0.4, -0.2) is 5.91 Å². The largest absolute Gasteiger partial charge is 0.345 e. The Morgan fingerprint density at radius 2 is 2.18 bits per heavy atom. The van der Waals surface area contributed by atoms with Gasteiger partial charge in [-0.3, -0.25) is 4.79 Å². The molecule has 1 aliphatic rings. The lowest BCUT2D eigenvalue weighted by Crippen LogP contribution is -2.37. The number of hydrogen-bond donors (Lipinski definition) is 2. The fourth-order valence-electron chi connectivity index (χ4n) is 0.825. The summed E-state index contributed by atoms with van der Waals surface area (Å²) in [7, 11) is 0. The van der Waals surface area contributed by atoms with Gasteiger partial charge in [0.05, 0.1) is 0 Å². The fraction of sp³-hybridized carbons (Fsp3) is 0.143. The summed E-state index contributed by atoms with van der Waals surface area (Å²) in [5.74, 6) is 0.0141. The van der Waals surface area contributed by atoms with E-state index in [2.05, 4.69) is 17.2 Å². The highest BCUT2D eigenvalue weighted by Gasteiger charge is 2.18. The van der Waals surface area contributed by atoms with Crippen molar-refractivity contribution in [3.8, 4) is 6.07 Å². The van der Waals surface area contributed by atoms with Gasteiger partial charge in [-0.2, -0.15) is 5.26 Å². The van der Waals surface area contributed by atoms with Gasteiger partial charge >= 0.3 is 0 Å². The van der Waals surface area contributed by atoms with Crippen LogP contribution in [0.2, 0.25) is 0 Å². The highest BCUT2D eigenvalue weighted by Crippen LogP contribution is 2.06. The average Bonchev–Trinajstić information content (AvgIpc) is 1.85. The zero-order valence-electron chi connectivity index (χ0n) is 6.06. The molecule has 0 aromatic heterocycles. The summed E-state index contributed by atoms with van der Waals surface area (Å²) < 4.78 is 0. The number of amides is 1. The number of carbonyl (C=O) groups is 1. The third kappa shape index (κ3) is 1.22. The van der Waals surface area contributed by atoms with Crippen LogP contribution in [0, 0.1) is 11.3 Å². The zero-order chi connectivity index (χ0) is 8.43. The maximum absolute atomic E-state index is 11.0. The molecular formula is C7H7N3O. The molecule has 4 heteroatoms. The summed E-state index contributed by atoms with van der Waals surface area (Å²) in [5.41, 5.74) is 0.652. The highest BCUT2D eigenvalue weighted by atomic mass is 16.2. The van der Waals surface area contributed by atoms with Crippen molar-refractivity contribution in [3.63, 3.8) is 0 Å². The van der Waals surface area contributed by atoms with E-state index in [-0.39, 0.29) is 5.57 Å². The maximum Gasteiger partial charge on any atom is 0.269 e. The lowest BCUT2D eigenvalue weighted by Gasteiger charge is -2.17. The number of rotatable bonds is 0. The maximum atomic E-state index is 11.0. The zero-order valence-corrected chi connectivity index (χ0v) is 6.06. The first-order chi connectivity index (χ1) is 5.15. The Hall–Kier alpha value is -1.76. The fourth-order valence-corrected chi connectivity index (χ4v) is 0.825. The highest BCUT2D eigenvalue weighted by molar-refractivity contribution is 5.99. The van der Waals surface area contributed by atoms with Gasteiger partial charge in [0, 0.05) is 5.70 Å². The van der Waals surface area contributed by atoms with E-state index in [1.165, 1.54) is 0 Å². The summed E-state index contributed by atoms with van der Waals surface area (Å²) in [6, 6.07) is 1.79. The van der Waals surface area contributed by atoms with E-state index in [1.54, 1.807) is 13.0 Å². The molecule has 56 valence electrons. The van der Waals surface area contributed by atoms with Crippen LogP contribution in [0.1, 0.15) is 6.92 Å². The molecule has 0 saturated carbocycles. The summed E-state index contributed by atoms with van der Waals surface area (Å²) >= 11 is 0. The predicted octanol–water partition coefficient (Wildman–Crippen LogP) is -0.0254. The van der Waals surface area contributed by atoms with Crippen molar-refractivity contribution < 1.29 is 4.79 Å². The van der Waals surface area contributed by atoms with Crippen molar-refractivity contribution in [1.29, 1.82) is 5.26 Å². The van der Waals surface area contributed by atoms with Gasteiger partial charge in [0.2, 0.25) is 0 Å². The molecule has 0 bridgehead atoms. The first-order valence-corrected chi connectivity index (χ1v) is 3.03. The molecule has 0 aromatic carbocycles. The second-order valence-corrected chi connectivity index (χ2v) is 2.17. The molecule has 1 amide bonds. The number of nitriles is 1. The molecule has 0 aliphatic carbocycles. The van der Waals surface area contributed by atoms with Crippen LogP contribution >= 0.6 is 0 Å². The molecule has 1 rings (SSSR count). The van der Waals surface area contributed by atoms with Gasteiger partial charge in [-0.15, -0.1) is 0 Å². The topological polar surface area (TPSA) is 64.9 Å². The normalized spacial score (nSPS) is 17.1. The Balaban J connectivity index is 3.07. The Labute approximate surface area is 64.2 Å². The van der Waals surface area contributed by atoms with Gasteiger partial charge in [-0.05, 0) is 6.92 Å². The summed E-state index contributed by atoms with van der Waals surface area (Å²) in [6.45, 7) is 5.15. The molecule has 0 radical (unpaired) electrons. The third-order valence-electron chi connectivity index (χ3n) is 1.32. The Bertz CT molecular complexity index is 295. The Morgan fingerprint density at radius 3 is 2.64 bits per heavy atom. The van der Waals surface area contributed by atoms with Gasteiger partial charge < -0.3 is 10.6 Å². The van der Waals surface area contributed by atoms with Gasteiger partial charge in [0.15, 0.2) is 0 Å². The molecule has 0 aromatic rings. The smallest absolute Gasteiger partial charge is 0.269 e. The van der Waals surface area contributed by atoms with Crippen LogP contribution in [0.5, 0.6) is 0 Å². The Morgan fingerprint density at radius 1 is 1.55 bits per heavy atom. The number of hydrogen-bond acceptors (Lipinski definition) is 3. The SMILES string of the molecule is C=C1NC(=O)C(C#N)=C(C)N1. The molecule has 1 heterocycles.